The highest BCUT2D eigenvalue weighted by atomic mass is 16.6. The summed E-state index contributed by atoms with van der Waals surface area (Å²) in [7, 11) is 2.87. The Labute approximate surface area is 109 Å². The molecule has 8 heteroatoms. The van der Waals surface area contributed by atoms with E-state index in [4.69, 9.17) is 4.74 Å². The number of aromatic nitrogens is 1. The number of hydrogen-bond acceptors (Lipinski definition) is 7. The van der Waals surface area contributed by atoms with Crippen LogP contribution in [-0.2, 0) is 9.47 Å². The SMILES string of the molecule is COC(=O)c1ccc([N+](=O)[O-])c(N(C)[C@@H]2CCO2)n1. The molecule has 1 aromatic heterocycles. The average Bonchev–Trinajstić information content (AvgIpc) is 2.34. The van der Waals surface area contributed by atoms with Crippen molar-refractivity contribution in [2.75, 3.05) is 25.7 Å². The first kappa shape index (κ1) is 13.2. The first-order valence-corrected chi connectivity index (χ1v) is 5.62. The van der Waals surface area contributed by atoms with Gasteiger partial charge in [-0.15, -0.1) is 0 Å². The number of nitro groups is 1. The number of rotatable bonds is 4. The molecule has 0 aromatic carbocycles. The number of carbonyl (C=O) groups is 1. The molecule has 8 nitrogen and oxygen atoms in total. The highest BCUT2D eigenvalue weighted by Gasteiger charge is 2.30. The van der Waals surface area contributed by atoms with Crippen molar-refractivity contribution in [3.05, 3.63) is 27.9 Å². The van der Waals surface area contributed by atoms with Crippen LogP contribution in [0.15, 0.2) is 12.1 Å². The molecule has 0 unspecified atom stereocenters. The van der Waals surface area contributed by atoms with Crippen LogP contribution in [0.4, 0.5) is 11.5 Å². The van der Waals surface area contributed by atoms with Crippen LogP contribution in [-0.4, -0.2) is 42.9 Å². The van der Waals surface area contributed by atoms with E-state index in [-0.39, 0.29) is 23.4 Å². The number of pyridine rings is 1. The van der Waals surface area contributed by atoms with Crippen LogP contribution in [0.25, 0.3) is 0 Å². The summed E-state index contributed by atoms with van der Waals surface area (Å²) in [5.41, 5.74) is -0.153. The number of carbonyl (C=O) groups excluding carboxylic acids is 1. The van der Waals surface area contributed by atoms with Gasteiger partial charge in [0.15, 0.2) is 5.69 Å². The number of anilines is 1. The van der Waals surface area contributed by atoms with E-state index in [2.05, 4.69) is 9.72 Å². The topological polar surface area (TPSA) is 94.8 Å². The highest BCUT2D eigenvalue weighted by molar-refractivity contribution is 5.88. The van der Waals surface area contributed by atoms with Gasteiger partial charge < -0.3 is 14.4 Å². The van der Waals surface area contributed by atoms with Gasteiger partial charge in [0.05, 0.1) is 18.6 Å². The van der Waals surface area contributed by atoms with Gasteiger partial charge in [0, 0.05) is 19.5 Å². The third-order valence-electron chi connectivity index (χ3n) is 2.89. The van der Waals surface area contributed by atoms with Crippen LogP contribution in [0, 0.1) is 10.1 Å². The Morgan fingerprint density at radius 2 is 2.32 bits per heavy atom. The molecule has 1 aromatic rings. The monoisotopic (exact) mass is 267 g/mol. The van der Waals surface area contributed by atoms with Crippen molar-refractivity contribution >= 4 is 17.5 Å². The smallest absolute Gasteiger partial charge is 0.356 e. The molecule has 102 valence electrons. The molecular formula is C11H13N3O5. The van der Waals surface area contributed by atoms with E-state index in [1.165, 1.54) is 19.2 Å². The fraction of sp³-hybridized carbons (Fsp3) is 0.455. The molecular weight excluding hydrogens is 254 g/mol. The van der Waals surface area contributed by atoms with Gasteiger partial charge in [0.25, 0.3) is 0 Å². The zero-order valence-electron chi connectivity index (χ0n) is 10.5. The summed E-state index contributed by atoms with van der Waals surface area (Å²) in [5, 5.41) is 11.0. The molecule has 0 saturated carbocycles. The normalized spacial score (nSPS) is 17.5. The van der Waals surface area contributed by atoms with Crippen molar-refractivity contribution in [3.8, 4) is 0 Å². The lowest BCUT2D eigenvalue weighted by Crippen LogP contribution is -2.43. The zero-order chi connectivity index (χ0) is 14.0. The lowest BCUT2D eigenvalue weighted by molar-refractivity contribution is -0.384. The Bertz CT molecular complexity index is 515. The van der Waals surface area contributed by atoms with Crippen molar-refractivity contribution in [2.24, 2.45) is 0 Å². The maximum absolute atomic E-state index is 11.4. The molecule has 2 heterocycles. The van der Waals surface area contributed by atoms with E-state index in [9.17, 15) is 14.9 Å². The quantitative estimate of drug-likeness (QED) is 0.455. The maximum atomic E-state index is 11.4. The van der Waals surface area contributed by atoms with Gasteiger partial charge >= 0.3 is 11.7 Å². The molecule has 0 spiro atoms. The number of nitrogens with zero attached hydrogens (tertiary/aromatic N) is 3. The second-order valence-corrected chi connectivity index (χ2v) is 4.01. The summed E-state index contributed by atoms with van der Waals surface area (Å²) >= 11 is 0. The van der Waals surface area contributed by atoms with E-state index < -0.39 is 10.9 Å². The van der Waals surface area contributed by atoms with Gasteiger partial charge in [-0.05, 0) is 6.07 Å². The largest absolute Gasteiger partial charge is 0.464 e. The second kappa shape index (κ2) is 5.19. The molecule has 19 heavy (non-hydrogen) atoms. The third-order valence-corrected chi connectivity index (χ3v) is 2.89. The molecule has 1 aliphatic rings. The van der Waals surface area contributed by atoms with E-state index in [0.29, 0.717) is 6.61 Å². The van der Waals surface area contributed by atoms with Crippen molar-refractivity contribution in [1.82, 2.24) is 4.98 Å². The second-order valence-electron chi connectivity index (χ2n) is 4.01. The summed E-state index contributed by atoms with van der Waals surface area (Å²) in [4.78, 5) is 27.4. The average molecular weight is 267 g/mol. The predicted octanol–water partition coefficient (Wildman–Crippen LogP) is 0.959. The van der Waals surface area contributed by atoms with Crippen LogP contribution >= 0.6 is 0 Å². The van der Waals surface area contributed by atoms with Crippen molar-refractivity contribution in [3.63, 3.8) is 0 Å². The number of hydrogen-bond donors (Lipinski definition) is 0. The molecule has 0 amide bonds. The molecule has 0 aliphatic carbocycles. The number of methoxy groups -OCH3 is 1. The van der Waals surface area contributed by atoms with E-state index >= 15 is 0 Å². The Hall–Kier alpha value is -2.22. The Morgan fingerprint density at radius 1 is 1.63 bits per heavy atom. The minimum atomic E-state index is -0.640. The molecule has 1 atom stereocenters. The third kappa shape index (κ3) is 2.48. The Kier molecular flexibility index (Phi) is 3.61. The van der Waals surface area contributed by atoms with E-state index in [1.54, 1.807) is 11.9 Å². The van der Waals surface area contributed by atoms with Gasteiger partial charge in [0.2, 0.25) is 5.82 Å². The minimum absolute atomic E-state index is 0.0225. The Morgan fingerprint density at radius 3 is 2.79 bits per heavy atom. The fourth-order valence-electron chi connectivity index (χ4n) is 1.73. The van der Waals surface area contributed by atoms with Crippen molar-refractivity contribution in [2.45, 2.75) is 12.6 Å². The van der Waals surface area contributed by atoms with E-state index in [0.717, 1.165) is 6.42 Å². The summed E-state index contributed by atoms with van der Waals surface area (Å²) < 4.78 is 9.81. The van der Waals surface area contributed by atoms with Gasteiger partial charge in [-0.25, -0.2) is 9.78 Å². The first-order chi connectivity index (χ1) is 9.04. The first-order valence-electron chi connectivity index (χ1n) is 5.62. The molecule has 0 radical (unpaired) electrons. The van der Waals surface area contributed by atoms with Gasteiger partial charge in [0.1, 0.15) is 6.23 Å². The summed E-state index contributed by atoms with van der Waals surface area (Å²) in [5.74, 6) is -0.545. The van der Waals surface area contributed by atoms with Crippen LogP contribution in [0.5, 0.6) is 0 Å². The molecule has 1 saturated heterocycles. The molecule has 1 aliphatic heterocycles. The van der Waals surface area contributed by atoms with Crippen molar-refractivity contribution in [1.29, 1.82) is 0 Å². The number of esters is 1. The molecule has 0 bridgehead atoms. The predicted molar refractivity (Wildman–Crippen MR) is 65.0 cm³/mol. The lowest BCUT2D eigenvalue weighted by atomic mass is 10.2. The van der Waals surface area contributed by atoms with Crippen LogP contribution in [0.3, 0.4) is 0 Å². The number of ether oxygens (including phenoxy) is 2. The van der Waals surface area contributed by atoms with Crippen LogP contribution in [0.2, 0.25) is 0 Å². The minimum Gasteiger partial charge on any atom is -0.464 e. The molecule has 1 fully saturated rings. The van der Waals surface area contributed by atoms with Gasteiger partial charge in [-0.1, -0.05) is 0 Å². The Balaban J connectivity index is 2.40. The summed E-state index contributed by atoms with van der Waals surface area (Å²) in [6.07, 6.45) is 0.511. The van der Waals surface area contributed by atoms with Crippen LogP contribution < -0.4 is 4.90 Å². The maximum Gasteiger partial charge on any atom is 0.356 e. The fourth-order valence-corrected chi connectivity index (χ4v) is 1.73. The molecule has 2 rings (SSSR count). The summed E-state index contributed by atoms with van der Waals surface area (Å²) in [6, 6.07) is 2.51. The van der Waals surface area contributed by atoms with Gasteiger partial charge in [-0.3, -0.25) is 10.1 Å². The van der Waals surface area contributed by atoms with E-state index in [1.807, 2.05) is 0 Å². The zero-order valence-corrected chi connectivity index (χ0v) is 10.5. The summed E-state index contributed by atoms with van der Waals surface area (Å²) in [6.45, 7) is 0.611. The molecule has 0 N–H and O–H groups in total. The lowest BCUT2D eigenvalue weighted by Gasteiger charge is -2.35. The highest BCUT2D eigenvalue weighted by Crippen LogP contribution is 2.29. The standard InChI is InChI=1S/C11H13N3O5/c1-13(9-5-6-19-9)10-8(14(16)17)4-3-7(12-10)11(15)18-2/h3-4,9H,5-6H2,1-2H3/t9-/m0/s1. The van der Waals surface area contributed by atoms with Gasteiger partial charge in [-0.2, -0.15) is 0 Å². The van der Waals surface area contributed by atoms with Crippen LogP contribution in [0.1, 0.15) is 16.9 Å². The van der Waals surface area contributed by atoms with Crippen molar-refractivity contribution < 1.29 is 19.2 Å².